The maximum Gasteiger partial charge on any atom is 0.254 e. The number of ether oxygens (including phenoxy) is 1. The van der Waals surface area contributed by atoms with Crippen molar-refractivity contribution in [3.05, 3.63) is 82.9 Å². The Morgan fingerprint density at radius 1 is 1.00 bits per heavy atom. The van der Waals surface area contributed by atoms with Crippen LogP contribution in [-0.2, 0) is 32.0 Å². The molecule has 3 aliphatic rings. The molecule has 0 unspecified atom stereocenters. The number of nitrogens with one attached hydrogen (secondary N) is 5. The molecule has 0 radical (unpaired) electrons. The predicted molar refractivity (Wildman–Crippen MR) is 162 cm³/mol. The van der Waals surface area contributed by atoms with Gasteiger partial charge in [0.15, 0.2) is 0 Å². The number of fused-ring (bicyclic) bond motifs is 15. The first kappa shape index (κ1) is 30.7. The Hall–Kier alpha value is -4.78. The molecule has 2 aromatic carbocycles. The van der Waals surface area contributed by atoms with Crippen molar-refractivity contribution in [2.24, 2.45) is 0 Å². The minimum absolute atomic E-state index is 0.140. The van der Waals surface area contributed by atoms with Crippen LogP contribution in [0, 0.1) is 0 Å². The molecule has 5 amide bonds. The smallest absolute Gasteiger partial charge is 0.254 e. The zero-order valence-electron chi connectivity index (χ0n) is 24.1. The zero-order chi connectivity index (χ0) is 31.1. The third kappa shape index (κ3) is 7.78. The Kier molecular flexibility index (Phi) is 9.53. The number of nitrogens with zero attached hydrogens (tertiary/aromatic N) is 1. The molecule has 2 bridgehead atoms. The van der Waals surface area contributed by atoms with E-state index in [-0.39, 0.29) is 31.9 Å². The first-order valence-corrected chi connectivity index (χ1v) is 15.2. The van der Waals surface area contributed by atoms with Crippen LogP contribution < -0.4 is 31.3 Å². The number of rotatable bonds is 4. The van der Waals surface area contributed by atoms with Gasteiger partial charge in [0.2, 0.25) is 23.6 Å². The van der Waals surface area contributed by atoms with E-state index >= 15 is 0 Å². The fraction of sp³-hybridized carbons (Fsp3) is 0.355. The Labute approximate surface area is 258 Å². The van der Waals surface area contributed by atoms with Gasteiger partial charge < -0.3 is 31.3 Å². The number of carbonyl (C=O) groups excluding carboxylic acids is 5. The van der Waals surface area contributed by atoms with Crippen molar-refractivity contribution in [3.63, 3.8) is 0 Å². The van der Waals surface area contributed by atoms with E-state index in [0.717, 1.165) is 22.7 Å². The second kappa shape index (κ2) is 13.7. The quantitative estimate of drug-likeness (QED) is 0.271. The molecule has 1 spiro atoms. The van der Waals surface area contributed by atoms with Crippen molar-refractivity contribution in [2.45, 2.75) is 56.3 Å². The van der Waals surface area contributed by atoms with Crippen LogP contribution in [0.1, 0.15) is 41.3 Å². The van der Waals surface area contributed by atoms with E-state index in [4.69, 9.17) is 4.74 Å². The molecule has 1 fully saturated rings. The van der Waals surface area contributed by atoms with Crippen LogP contribution in [0.15, 0.2) is 66.2 Å². The monoisotopic (exact) mass is 618 g/mol. The summed E-state index contributed by atoms with van der Waals surface area (Å²) < 4.78 is 9.71. The van der Waals surface area contributed by atoms with E-state index < -0.39 is 47.3 Å². The Morgan fingerprint density at radius 3 is 2.43 bits per heavy atom. The summed E-state index contributed by atoms with van der Waals surface area (Å²) in [5.41, 5.74) is 0.819. The predicted octanol–water partition coefficient (Wildman–Crippen LogP) is 0.874. The lowest BCUT2D eigenvalue weighted by molar-refractivity contribution is -0.134. The first-order chi connectivity index (χ1) is 21.2. The molecule has 13 heteroatoms. The van der Waals surface area contributed by atoms with Crippen molar-refractivity contribution < 1.29 is 28.7 Å². The summed E-state index contributed by atoms with van der Waals surface area (Å²) in [5, 5.41) is 15.4. The molecule has 6 rings (SSSR count). The van der Waals surface area contributed by atoms with E-state index in [2.05, 4.69) is 31.0 Å². The minimum Gasteiger partial charge on any atom is -0.492 e. The number of aromatic nitrogens is 1. The van der Waals surface area contributed by atoms with Crippen LogP contribution in [0.4, 0.5) is 0 Å². The number of hydrogen-bond acceptors (Lipinski definition) is 8. The molecular formula is C31H34N6O6S. The highest BCUT2D eigenvalue weighted by molar-refractivity contribution is 7.03. The molecule has 3 aromatic rings. The molecule has 5 N–H and O–H groups in total. The van der Waals surface area contributed by atoms with Gasteiger partial charge in [0.05, 0.1) is 18.3 Å². The first-order valence-electron chi connectivity index (χ1n) is 14.4. The van der Waals surface area contributed by atoms with Gasteiger partial charge in [-0.3, -0.25) is 24.0 Å². The lowest BCUT2D eigenvalue weighted by Crippen LogP contribution is -2.59. The van der Waals surface area contributed by atoms with Gasteiger partial charge in [0.25, 0.3) is 5.91 Å². The maximum atomic E-state index is 13.5. The summed E-state index contributed by atoms with van der Waals surface area (Å²) in [6.45, 7) is 1.93. The van der Waals surface area contributed by atoms with Crippen molar-refractivity contribution in [2.75, 3.05) is 13.2 Å². The van der Waals surface area contributed by atoms with Gasteiger partial charge in [-0.25, -0.2) is 4.37 Å². The summed E-state index contributed by atoms with van der Waals surface area (Å²) in [7, 11) is 0. The van der Waals surface area contributed by atoms with Crippen LogP contribution in [-0.4, -0.2) is 70.7 Å². The van der Waals surface area contributed by atoms with E-state index in [1.165, 1.54) is 13.1 Å². The van der Waals surface area contributed by atoms with Gasteiger partial charge >= 0.3 is 0 Å². The Morgan fingerprint density at radius 2 is 1.75 bits per heavy atom. The third-order valence-electron chi connectivity index (χ3n) is 7.55. The van der Waals surface area contributed by atoms with Gasteiger partial charge in [-0.15, -0.1) is 0 Å². The van der Waals surface area contributed by atoms with Crippen LogP contribution >= 0.6 is 11.5 Å². The van der Waals surface area contributed by atoms with Crippen LogP contribution in [0.2, 0.25) is 0 Å². The lowest BCUT2D eigenvalue weighted by Gasteiger charge is -2.25. The molecule has 0 saturated heterocycles. The summed E-state index contributed by atoms with van der Waals surface area (Å²) in [5.74, 6) is -1.89. The van der Waals surface area contributed by atoms with E-state index in [1.807, 2.05) is 30.3 Å². The van der Waals surface area contributed by atoms with Crippen LogP contribution in [0.25, 0.3) is 0 Å². The molecule has 1 saturated carbocycles. The third-order valence-corrected chi connectivity index (χ3v) is 8.14. The number of amides is 5. The second-order valence-electron chi connectivity index (χ2n) is 10.9. The molecule has 12 nitrogen and oxygen atoms in total. The molecule has 3 atom stereocenters. The summed E-state index contributed by atoms with van der Waals surface area (Å²) in [4.78, 5) is 66.1. The Balaban J connectivity index is 1.38. The Bertz CT molecular complexity index is 1490. The molecule has 44 heavy (non-hydrogen) atoms. The van der Waals surface area contributed by atoms with Crippen LogP contribution in [0.5, 0.6) is 5.75 Å². The highest BCUT2D eigenvalue weighted by atomic mass is 32.1. The number of benzene rings is 2. The summed E-state index contributed by atoms with van der Waals surface area (Å²) >= 11 is 1.12. The van der Waals surface area contributed by atoms with Gasteiger partial charge in [0.1, 0.15) is 36.0 Å². The van der Waals surface area contributed by atoms with E-state index in [0.29, 0.717) is 24.2 Å². The van der Waals surface area contributed by atoms with Crippen LogP contribution in [0.3, 0.4) is 0 Å². The molecule has 1 aliphatic carbocycles. The highest BCUT2D eigenvalue weighted by Crippen LogP contribution is 2.35. The maximum absolute atomic E-state index is 13.5. The molecule has 230 valence electrons. The van der Waals surface area contributed by atoms with Crippen molar-refractivity contribution in [1.29, 1.82) is 0 Å². The largest absolute Gasteiger partial charge is 0.492 e. The fourth-order valence-corrected chi connectivity index (χ4v) is 5.34. The average Bonchev–Trinajstić information content (AvgIpc) is 3.58. The molecule has 1 aromatic heterocycles. The summed E-state index contributed by atoms with van der Waals surface area (Å²) in [6.07, 6.45) is 2.67. The minimum atomic E-state index is -1.05. The topological polar surface area (TPSA) is 168 Å². The molecule has 2 aliphatic heterocycles. The highest BCUT2D eigenvalue weighted by Gasteiger charge is 2.51. The average molecular weight is 619 g/mol. The van der Waals surface area contributed by atoms with Crippen molar-refractivity contribution >= 4 is 41.1 Å². The molecular weight excluding hydrogens is 584 g/mol. The SMILES string of the molecule is C[C@@H]1NC(=O)[C@@H](NC(=O)c2cnsc2)Cc2ccc(cc2)OCCNC(=O)C2(CC2)NC(=O)[C@@H](Cc2ccccc2)NC1=O. The second-order valence-corrected chi connectivity index (χ2v) is 11.6. The zero-order valence-corrected chi connectivity index (χ0v) is 24.9. The van der Waals surface area contributed by atoms with Gasteiger partial charge in [-0.1, -0.05) is 42.5 Å². The number of carbonyl (C=O) groups is 5. The standard InChI is InChI=1S/C31H34N6O6S/c1-19-26(38)35-25(15-20-5-3-2-4-6-20)29(41)37-31(11-12-31)30(42)32-13-14-43-23-9-7-21(8-10-23)16-24(28(40)34-19)36-27(39)22-17-33-44-18-22/h2-10,17-19,24-25H,11-16H2,1H3,(H,32,42)(H,34,40)(H,35,38)(H,36,39)(H,37,41)/t19-,24-,25+/m0/s1. The van der Waals surface area contributed by atoms with Gasteiger partial charge in [0, 0.05) is 18.2 Å². The van der Waals surface area contributed by atoms with Crippen molar-refractivity contribution in [1.82, 2.24) is 31.0 Å². The van der Waals surface area contributed by atoms with Gasteiger partial charge in [-0.2, -0.15) is 0 Å². The number of hydrogen-bond donors (Lipinski definition) is 5. The summed E-state index contributed by atoms with van der Waals surface area (Å²) in [6, 6.07) is 13.1. The fourth-order valence-electron chi connectivity index (χ4n) is 4.82. The lowest BCUT2D eigenvalue weighted by atomic mass is 10.0. The van der Waals surface area contributed by atoms with E-state index in [1.54, 1.807) is 29.6 Å². The molecule has 3 heterocycles. The van der Waals surface area contributed by atoms with Gasteiger partial charge in [-0.05, 0) is 54.6 Å². The van der Waals surface area contributed by atoms with E-state index in [9.17, 15) is 24.0 Å². The van der Waals surface area contributed by atoms with Crippen molar-refractivity contribution in [3.8, 4) is 5.75 Å². The normalized spacial score (nSPS) is 22.5.